The van der Waals surface area contributed by atoms with Crippen LogP contribution in [0.5, 0.6) is 0 Å². The Bertz CT molecular complexity index is 716. The number of hydrogen-bond acceptors (Lipinski definition) is 3. The zero-order chi connectivity index (χ0) is 17.7. The summed E-state index contributed by atoms with van der Waals surface area (Å²) in [5.74, 6) is -1.88. The molecular formula is C16H13F3N2O3. The molecule has 2 rings (SSSR count). The smallest absolute Gasteiger partial charge is 0.416 e. The van der Waals surface area contributed by atoms with Crippen LogP contribution in [0.3, 0.4) is 0 Å². The lowest BCUT2D eigenvalue weighted by Crippen LogP contribution is -2.42. The first-order valence-corrected chi connectivity index (χ1v) is 6.87. The number of aliphatic carboxylic acids is 1. The molecule has 1 aromatic heterocycles. The number of nitrogens with zero attached hydrogens (tertiary/aromatic N) is 1. The number of benzene rings is 1. The molecule has 126 valence electrons. The van der Waals surface area contributed by atoms with Crippen LogP contribution in [-0.4, -0.2) is 28.0 Å². The zero-order valence-corrected chi connectivity index (χ0v) is 12.2. The molecule has 0 aliphatic carbocycles. The number of carboxylic acid groups (broad SMARTS) is 1. The Morgan fingerprint density at radius 3 is 2.17 bits per heavy atom. The minimum absolute atomic E-state index is 0.135. The highest BCUT2D eigenvalue weighted by molar-refractivity contribution is 5.96. The van der Waals surface area contributed by atoms with Gasteiger partial charge in [-0.25, -0.2) is 4.79 Å². The van der Waals surface area contributed by atoms with Crippen molar-refractivity contribution in [3.05, 3.63) is 65.5 Å². The van der Waals surface area contributed by atoms with Crippen LogP contribution in [-0.2, 0) is 17.4 Å². The Morgan fingerprint density at radius 1 is 1.08 bits per heavy atom. The lowest BCUT2D eigenvalue weighted by Gasteiger charge is -2.15. The topological polar surface area (TPSA) is 79.3 Å². The number of nitrogens with one attached hydrogen (secondary N) is 1. The minimum atomic E-state index is -4.46. The molecule has 2 N–H and O–H groups in total. The largest absolute Gasteiger partial charge is 0.480 e. The van der Waals surface area contributed by atoms with E-state index < -0.39 is 29.7 Å². The van der Waals surface area contributed by atoms with Gasteiger partial charge in [0.1, 0.15) is 6.04 Å². The standard InChI is InChI=1S/C16H13F3N2O3/c17-16(18,19)12-3-1-10(2-4-12)9-13(15(23)24)21-14(22)11-5-7-20-8-6-11/h1-8,13H,9H2,(H,21,22)(H,23,24)/t13-/m1/s1. The number of amides is 1. The molecule has 1 atom stereocenters. The van der Waals surface area contributed by atoms with Gasteiger partial charge in [-0.05, 0) is 29.8 Å². The van der Waals surface area contributed by atoms with E-state index in [-0.39, 0.29) is 12.0 Å². The molecule has 0 aliphatic heterocycles. The number of rotatable bonds is 5. The zero-order valence-electron chi connectivity index (χ0n) is 12.2. The summed E-state index contributed by atoms with van der Waals surface area (Å²) in [6, 6.07) is 5.72. The summed E-state index contributed by atoms with van der Waals surface area (Å²) in [6.45, 7) is 0. The number of carbonyl (C=O) groups excluding carboxylic acids is 1. The summed E-state index contributed by atoms with van der Waals surface area (Å²) in [4.78, 5) is 27.0. The Kier molecular flexibility index (Phi) is 5.18. The highest BCUT2D eigenvalue weighted by Gasteiger charge is 2.30. The predicted molar refractivity (Wildman–Crippen MR) is 78.3 cm³/mol. The average molecular weight is 338 g/mol. The van der Waals surface area contributed by atoms with E-state index in [0.29, 0.717) is 5.56 Å². The van der Waals surface area contributed by atoms with Crippen molar-refractivity contribution < 1.29 is 27.9 Å². The van der Waals surface area contributed by atoms with Gasteiger partial charge in [-0.15, -0.1) is 0 Å². The summed E-state index contributed by atoms with van der Waals surface area (Å²) in [6.07, 6.45) is -1.81. The van der Waals surface area contributed by atoms with Crippen LogP contribution in [0.1, 0.15) is 21.5 Å². The maximum Gasteiger partial charge on any atom is 0.416 e. The number of carboxylic acids is 1. The van der Waals surface area contributed by atoms with E-state index in [0.717, 1.165) is 12.1 Å². The maximum atomic E-state index is 12.5. The molecule has 0 saturated heterocycles. The molecule has 5 nitrogen and oxygen atoms in total. The summed E-state index contributed by atoms with van der Waals surface area (Å²) in [5, 5.41) is 11.5. The third-order valence-electron chi connectivity index (χ3n) is 3.27. The van der Waals surface area contributed by atoms with Crippen LogP contribution >= 0.6 is 0 Å². The van der Waals surface area contributed by atoms with E-state index in [9.17, 15) is 27.9 Å². The van der Waals surface area contributed by atoms with Crippen molar-refractivity contribution in [2.75, 3.05) is 0 Å². The van der Waals surface area contributed by atoms with E-state index in [4.69, 9.17) is 0 Å². The van der Waals surface area contributed by atoms with Crippen molar-refractivity contribution in [2.45, 2.75) is 18.6 Å². The molecule has 2 aromatic rings. The molecule has 1 aromatic carbocycles. The van der Waals surface area contributed by atoms with Gasteiger partial charge in [0.25, 0.3) is 5.91 Å². The molecule has 1 heterocycles. The minimum Gasteiger partial charge on any atom is -0.480 e. The van der Waals surface area contributed by atoms with Crippen molar-refractivity contribution in [3.63, 3.8) is 0 Å². The van der Waals surface area contributed by atoms with Crippen molar-refractivity contribution in [3.8, 4) is 0 Å². The summed E-state index contributed by atoms with van der Waals surface area (Å²) in [7, 11) is 0. The lowest BCUT2D eigenvalue weighted by molar-refractivity contribution is -0.139. The van der Waals surface area contributed by atoms with E-state index in [1.165, 1.54) is 36.7 Å². The third-order valence-corrected chi connectivity index (χ3v) is 3.27. The molecule has 0 saturated carbocycles. The van der Waals surface area contributed by atoms with E-state index in [1.54, 1.807) is 0 Å². The first-order chi connectivity index (χ1) is 11.3. The molecule has 0 aliphatic rings. The second-order valence-electron chi connectivity index (χ2n) is 5.00. The van der Waals surface area contributed by atoms with Crippen LogP contribution in [0, 0.1) is 0 Å². The second kappa shape index (κ2) is 7.12. The molecule has 1 amide bonds. The summed E-state index contributed by atoms with van der Waals surface area (Å²) < 4.78 is 37.5. The van der Waals surface area contributed by atoms with Gasteiger partial charge in [0.05, 0.1) is 5.56 Å². The maximum absolute atomic E-state index is 12.5. The normalized spacial score (nSPS) is 12.5. The van der Waals surface area contributed by atoms with Crippen LogP contribution in [0.4, 0.5) is 13.2 Å². The van der Waals surface area contributed by atoms with Gasteiger partial charge in [0.2, 0.25) is 0 Å². The summed E-state index contributed by atoms with van der Waals surface area (Å²) in [5.41, 5.74) is -0.215. The van der Waals surface area contributed by atoms with Crippen molar-refractivity contribution in [1.29, 1.82) is 0 Å². The Morgan fingerprint density at radius 2 is 1.67 bits per heavy atom. The predicted octanol–water partition coefficient (Wildman–Crippen LogP) is 2.53. The van der Waals surface area contributed by atoms with Gasteiger partial charge in [-0.3, -0.25) is 9.78 Å². The quantitative estimate of drug-likeness (QED) is 0.878. The van der Waals surface area contributed by atoms with Gasteiger partial charge in [-0.2, -0.15) is 13.2 Å². The SMILES string of the molecule is O=C(N[C@H](Cc1ccc(C(F)(F)F)cc1)C(=O)O)c1ccncc1. The van der Waals surface area contributed by atoms with Crippen molar-refractivity contribution in [2.24, 2.45) is 0 Å². The number of carbonyl (C=O) groups is 2. The van der Waals surface area contributed by atoms with E-state index >= 15 is 0 Å². The van der Waals surface area contributed by atoms with Crippen LogP contribution in [0.25, 0.3) is 0 Å². The Balaban J connectivity index is 2.09. The summed E-state index contributed by atoms with van der Waals surface area (Å²) >= 11 is 0. The molecule has 8 heteroatoms. The fraction of sp³-hybridized carbons (Fsp3) is 0.188. The van der Waals surface area contributed by atoms with E-state index in [2.05, 4.69) is 10.3 Å². The number of alkyl halides is 3. The van der Waals surface area contributed by atoms with Gasteiger partial charge >= 0.3 is 12.1 Å². The Hall–Kier alpha value is -2.90. The number of halogens is 3. The van der Waals surface area contributed by atoms with Gasteiger partial charge in [0.15, 0.2) is 0 Å². The first-order valence-electron chi connectivity index (χ1n) is 6.87. The fourth-order valence-corrected chi connectivity index (χ4v) is 2.01. The van der Waals surface area contributed by atoms with Crippen LogP contribution < -0.4 is 5.32 Å². The lowest BCUT2D eigenvalue weighted by atomic mass is 10.0. The van der Waals surface area contributed by atoms with Gasteiger partial charge in [0, 0.05) is 24.4 Å². The number of hydrogen-bond donors (Lipinski definition) is 2. The van der Waals surface area contributed by atoms with Crippen LogP contribution in [0.2, 0.25) is 0 Å². The fourth-order valence-electron chi connectivity index (χ4n) is 2.01. The molecule has 0 spiro atoms. The molecular weight excluding hydrogens is 325 g/mol. The molecule has 0 radical (unpaired) electrons. The van der Waals surface area contributed by atoms with Gasteiger partial charge in [-0.1, -0.05) is 12.1 Å². The van der Waals surface area contributed by atoms with Crippen LogP contribution in [0.15, 0.2) is 48.8 Å². The molecule has 0 bridgehead atoms. The van der Waals surface area contributed by atoms with Gasteiger partial charge < -0.3 is 10.4 Å². The van der Waals surface area contributed by atoms with Crippen molar-refractivity contribution >= 4 is 11.9 Å². The molecule has 0 fully saturated rings. The monoisotopic (exact) mass is 338 g/mol. The average Bonchev–Trinajstić information content (AvgIpc) is 2.54. The number of pyridine rings is 1. The first kappa shape index (κ1) is 17.5. The highest BCUT2D eigenvalue weighted by atomic mass is 19.4. The number of aromatic nitrogens is 1. The third kappa shape index (κ3) is 4.55. The molecule has 24 heavy (non-hydrogen) atoms. The highest BCUT2D eigenvalue weighted by Crippen LogP contribution is 2.29. The molecule has 0 unspecified atom stereocenters. The van der Waals surface area contributed by atoms with E-state index in [1.807, 2.05) is 0 Å². The van der Waals surface area contributed by atoms with Crippen molar-refractivity contribution in [1.82, 2.24) is 10.3 Å². The Labute approximate surface area is 135 Å². The second-order valence-corrected chi connectivity index (χ2v) is 5.00.